The van der Waals surface area contributed by atoms with Gasteiger partial charge in [-0.15, -0.1) is 0 Å². The number of carbonyl (C=O) groups excluding carboxylic acids is 2. The fraction of sp³-hybridized carbons (Fsp3) is 0.423. The molecule has 1 saturated heterocycles. The summed E-state index contributed by atoms with van der Waals surface area (Å²) in [6.07, 6.45) is -0.329. The molecule has 35 heavy (non-hydrogen) atoms. The van der Waals surface area contributed by atoms with Gasteiger partial charge in [0.15, 0.2) is 0 Å². The van der Waals surface area contributed by atoms with Gasteiger partial charge in [-0.25, -0.2) is 18.4 Å². The van der Waals surface area contributed by atoms with Gasteiger partial charge in [0.1, 0.15) is 12.6 Å². The molecule has 7 nitrogen and oxygen atoms in total. The van der Waals surface area contributed by atoms with Crippen LogP contribution >= 0.6 is 0 Å². The van der Waals surface area contributed by atoms with Crippen molar-refractivity contribution in [3.63, 3.8) is 0 Å². The van der Waals surface area contributed by atoms with Crippen LogP contribution < -0.4 is 5.32 Å². The van der Waals surface area contributed by atoms with Gasteiger partial charge in [0, 0.05) is 24.3 Å². The van der Waals surface area contributed by atoms with Crippen molar-refractivity contribution in [2.75, 3.05) is 13.2 Å². The maximum absolute atomic E-state index is 13.8. The van der Waals surface area contributed by atoms with Gasteiger partial charge < -0.3 is 20.1 Å². The number of nitrogens with zero attached hydrogens (tertiary/aromatic N) is 1. The standard InChI is InChI=1S/C26H26F2N2O5/c27-26(28)12-22(24(32)33)30(14-26)23(31)15-9-10-16(11-15)29-25(34)35-13-21-19-7-3-1-5-17(19)18-6-2-4-8-20(18)21/h1-8,15-16,21-22H,9-14H2,(H,29,34)(H,32,33). The number of aliphatic carboxylic acids is 1. The Balaban J connectivity index is 1.17. The Bertz CT molecular complexity index is 1120. The lowest BCUT2D eigenvalue weighted by molar-refractivity contribution is -0.149. The Morgan fingerprint density at radius 2 is 1.66 bits per heavy atom. The number of carboxylic acid groups (broad SMARTS) is 1. The molecular formula is C26H26F2N2O5. The Morgan fingerprint density at radius 1 is 1.03 bits per heavy atom. The fourth-order valence-corrected chi connectivity index (χ4v) is 5.65. The largest absolute Gasteiger partial charge is 0.480 e. The van der Waals surface area contributed by atoms with Gasteiger partial charge in [-0.05, 0) is 41.5 Å². The van der Waals surface area contributed by atoms with Gasteiger partial charge in [-0.2, -0.15) is 0 Å². The van der Waals surface area contributed by atoms with Crippen LogP contribution in [0.2, 0.25) is 0 Å². The lowest BCUT2D eigenvalue weighted by Crippen LogP contribution is -2.44. The monoisotopic (exact) mass is 484 g/mol. The van der Waals surface area contributed by atoms with Gasteiger partial charge >= 0.3 is 12.1 Å². The number of hydrogen-bond donors (Lipinski definition) is 2. The van der Waals surface area contributed by atoms with E-state index in [0.29, 0.717) is 12.8 Å². The minimum absolute atomic E-state index is 0.0733. The van der Waals surface area contributed by atoms with Crippen molar-refractivity contribution in [3.05, 3.63) is 59.7 Å². The van der Waals surface area contributed by atoms with Crippen molar-refractivity contribution in [1.82, 2.24) is 10.2 Å². The molecule has 2 aliphatic carbocycles. The molecule has 3 unspecified atom stereocenters. The van der Waals surface area contributed by atoms with Gasteiger partial charge in [0.2, 0.25) is 5.91 Å². The number of alkyl halides is 2. The number of amides is 2. The Morgan fingerprint density at radius 3 is 2.29 bits per heavy atom. The molecular weight excluding hydrogens is 458 g/mol. The molecule has 5 rings (SSSR count). The van der Waals surface area contributed by atoms with Crippen LogP contribution in [0.5, 0.6) is 0 Å². The molecule has 0 aromatic heterocycles. The first-order valence-corrected chi connectivity index (χ1v) is 11.8. The van der Waals surface area contributed by atoms with E-state index in [-0.39, 0.29) is 25.0 Å². The lowest BCUT2D eigenvalue weighted by Gasteiger charge is -2.24. The molecule has 0 radical (unpaired) electrons. The summed E-state index contributed by atoms with van der Waals surface area (Å²) in [7, 11) is 0. The van der Waals surface area contributed by atoms with Gasteiger partial charge in [0.25, 0.3) is 5.92 Å². The van der Waals surface area contributed by atoms with Crippen molar-refractivity contribution in [2.24, 2.45) is 5.92 Å². The summed E-state index contributed by atoms with van der Waals surface area (Å²) in [4.78, 5) is 37.5. The highest BCUT2D eigenvalue weighted by atomic mass is 19.3. The molecule has 2 aromatic carbocycles. The maximum Gasteiger partial charge on any atom is 0.407 e. The van der Waals surface area contributed by atoms with Crippen LogP contribution in [0, 0.1) is 5.92 Å². The zero-order valence-electron chi connectivity index (χ0n) is 19.0. The van der Waals surface area contributed by atoms with Gasteiger partial charge in [-0.3, -0.25) is 4.79 Å². The molecule has 1 heterocycles. The third-order valence-electron chi connectivity index (χ3n) is 7.29. The average molecular weight is 484 g/mol. The highest BCUT2D eigenvalue weighted by molar-refractivity contribution is 5.86. The van der Waals surface area contributed by atoms with E-state index in [9.17, 15) is 28.3 Å². The van der Waals surface area contributed by atoms with Crippen molar-refractivity contribution in [1.29, 1.82) is 0 Å². The SMILES string of the molecule is O=C(NC1CCC(C(=O)N2CC(F)(F)CC2C(=O)O)C1)OCC1c2ccccc2-c2ccccc21. The van der Waals surface area contributed by atoms with Crippen LogP contribution in [0.15, 0.2) is 48.5 Å². The molecule has 2 N–H and O–H groups in total. The predicted molar refractivity (Wildman–Crippen MR) is 122 cm³/mol. The smallest absolute Gasteiger partial charge is 0.407 e. The molecule has 1 aliphatic heterocycles. The number of rotatable bonds is 5. The minimum Gasteiger partial charge on any atom is -0.480 e. The van der Waals surface area contributed by atoms with Crippen LogP contribution in [0.25, 0.3) is 11.1 Å². The number of fused-ring (bicyclic) bond motifs is 3. The summed E-state index contributed by atoms with van der Waals surface area (Å²) in [6.45, 7) is -0.720. The summed E-state index contributed by atoms with van der Waals surface area (Å²) in [6, 6.07) is 14.2. The Labute approximate surface area is 201 Å². The topological polar surface area (TPSA) is 95.9 Å². The Kier molecular flexibility index (Phi) is 5.94. The van der Waals surface area contributed by atoms with Crippen molar-refractivity contribution in [3.8, 4) is 11.1 Å². The predicted octanol–water partition coefficient (Wildman–Crippen LogP) is 4.01. The summed E-state index contributed by atoms with van der Waals surface area (Å²) in [5, 5.41) is 12.0. The van der Waals surface area contributed by atoms with Crippen molar-refractivity contribution in [2.45, 2.75) is 49.6 Å². The second-order valence-corrected chi connectivity index (χ2v) is 9.56. The second kappa shape index (κ2) is 8.94. The molecule has 3 aliphatic rings. The Hall–Kier alpha value is -3.49. The fourth-order valence-electron chi connectivity index (χ4n) is 5.65. The summed E-state index contributed by atoms with van der Waals surface area (Å²) in [5.41, 5.74) is 4.45. The number of ether oxygens (including phenoxy) is 1. The molecule has 0 spiro atoms. The van der Waals surface area contributed by atoms with Crippen molar-refractivity contribution >= 4 is 18.0 Å². The molecule has 3 atom stereocenters. The first-order chi connectivity index (χ1) is 16.7. The number of likely N-dealkylation sites (tertiary alicyclic amines) is 1. The first-order valence-electron chi connectivity index (χ1n) is 11.8. The zero-order chi connectivity index (χ0) is 24.7. The molecule has 184 valence electrons. The van der Waals surface area contributed by atoms with E-state index in [4.69, 9.17) is 4.74 Å². The van der Waals surface area contributed by atoms with Gasteiger partial charge in [0.05, 0.1) is 6.54 Å². The molecule has 2 aromatic rings. The number of carbonyl (C=O) groups is 3. The van der Waals surface area contributed by atoms with E-state index >= 15 is 0 Å². The number of alkyl carbamates (subject to hydrolysis) is 1. The summed E-state index contributed by atoms with van der Waals surface area (Å²) >= 11 is 0. The molecule has 1 saturated carbocycles. The lowest BCUT2D eigenvalue weighted by atomic mass is 9.98. The second-order valence-electron chi connectivity index (χ2n) is 9.56. The third-order valence-corrected chi connectivity index (χ3v) is 7.29. The summed E-state index contributed by atoms with van der Waals surface area (Å²) in [5.74, 6) is -5.91. The van der Waals surface area contributed by atoms with Crippen LogP contribution in [-0.2, 0) is 14.3 Å². The quantitative estimate of drug-likeness (QED) is 0.669. The molecule has 2 fully saturated rings. The molecule has 2 amide bonds. The van der Waals surface area contributed by atoms with E-state index in [1.54, 1.807) is 0 Å². The number of halogens is 2. The van der Waals surface area contributed by atoms with E-state index < -0.39 is 48.8 Å². The number of hydrogen-bond acceptors (Lipinski definition) is 4. The number of benzene rings is 2. The third kappa shape index (κ3) is 4.47. The van der Waals surface area contributed by atoms with E-state index in [1.165, 1.54) is 0 Å². The zero-order valence-corrected chi connectivity index (χ0v) is 19.0. The normalized spacial score (nSPS) is 24.6. The van der Waals surface area contributed by atoms with E-state index in [1.807, 2.05) is 36.4 Å². The van der Waals surface area contributed by atoms with Gasteiger partial charge in [-0.1, -0.05) is 48.5 Å². The highest BCUT2D eigenvalue weighted by Crippen LogP contribution is 2.44. The van der Waals surface area contributed by atoms with Crippen LogP contribution in [0.1, 0.15) is 42.7 Å². The number of nitrogens with one attached hydrogen (secondary N) is 1. The van der Waals surface area contributed by atoms with Crippen LogP contribution in [-0.4, -0.2) is 59.1 Å². The summed E-state index contributed by atoms with van der Waals surface area (Å²) < 4.78 is 33.1. The maximum atomic E-state index is 13.8. The van der Waals surface area contributed by atoms with Crippen LogP contribution in [0.4, 0.5) is 13.6 Å². The number of carboxylic acids is 1. The average Bonchev–Trinajstić information content (AvgIpc) is 3.51. The van der Waals surface area contributed by atoms with Crippen LogP contribution in [0.3, 0.4) is 0 Å². The minimum atomic E-state index is -3.21. The van der Waals surface area contributed by atoms with Crippen molar-refractivity contribution < 1.29 is 33.0 Å². The molecule has 9 heteroatoms. The van der Waals surface area contributed by atoms with E-state index in [2.05, 4.69) is 17.4 Å². The first kappa shape index (κ1) is 23.3. The van der Waals surface area contributed by atoms with E-state index in [0.717, 1.165) is 27.2 Å². The highest BCUT2D eigenvalue weighted by Gasteiger charge is 2.51. The molecule has 0 bridgehead atoms.